The SMILES string of the molecule is CC(=O)Nc1ccc(S(=O)(=O)N2CCc3nc(NC(C)=O)sc3C2)cc1. The largest absolute Gasteiger partial charge is 0.326 e. The highest BCUT2D eigenvalue weighted by molar-refractivity contribution is 7.89. The summed E-state index contributed by atoms with van der Waals surface area (Å²) in [6.45, 7) is 3.34. The van der Waals surface area contributed by atoms with Gasteiger partial charge in [-0.05, 0) is 24.3 Å². The molecule has 1 aliphatic rings. The second-order valence-electron chi connectivity index (χ2n) is 5.86. The Morgan fingerprint density at radius 3 is 2.38 bits per heavy atom. The number of fused-ring (bicyclic) bond motifs is 1. The summed E-state index contributed by atoms with van der Waals surface area (Å²) in [4.78, 5) is 27.6. The molecule has 1 aliphatic heterocycles. The molecule has 0 unspecified atom stereocenters. The van der Waals surface area contributed by atoms with Crippen molar-refractivity contribution in [3.05, 3.63) is 34.8 Å². The third-order valence-electron chi connectivity index (χ3n) is 3.79. The molecule has 0 atom stereocenters. The van der Waals surface area contributed by atoms with Crippen LogP contribution in [-0.4, -0.2) is 36.1 Å². The molecule has 1 aromatic heterocycles. The first kappa shape index (κ1) is 18.5. The number of anilines is 2. The van der Waals surface area contributed by atoms with E-state index in [1.807, 2.05) is 0 Å². The van der Waals surface area contributed by atoms with Crippen molar-refractivity contribution in [2.24, 2.45) is 0 Å². The third kappa shape index (κ3) is 3.92. The Morgan fingerprint density at radius 2 is 1.77 bits per heavy atom. The van der Waals surface area contributed by atoms with Gasteiger partial charge >= 0.3 is 0 Å². The van der Waals surface area contributed by atoms with Crippen LogP contribution in [0.15, 0.2) is 29.2 Å². The zero-order valence-electron chi connectivity index (χ0n) is 14.3. The number of amides is 2. The molecule has 0 spiro atoms. The molecule has 2 aromatic rings. The standard InChI is InChI=1S/C16H18N4O4S2/c1-10(21)17-12-3-5-13(6-4-12)26(23,24)20-8-7-14-15(9-20)25-16(19-14)18-11(2)22/h3-6H,7-9H2,1-2H3,(H,17,21)(H,18,19,22). The summed E-state index contributed by atoms with van der Waals surface area (Å²) >= 11 is 1.29. The summed E-state index contributed by atoms with van der Waals surface area (Å²) in [7, 11) is -3.65. The van der Waals surface area contributed by atoms with E-state index < -0.39 is 10.0 Å². The van der Waals surface area contributed by atoms with Gasteiger partial charge in [0.25, 0.3) is 0 Å². The minimum Gasteiger partial charge on any atom is -0.326 e. The molecule has 26 heavy (non-hydrogen) atoms. The molecule has 0 saturated carbocycles. The normalized spacial score (nSPS) is 14.5. The van der Waals surface area contributed by atoms with E-state index in [0.29, 0.717) is 23.8 Å². The second kappa shape index (κ2) is 7.14. The lowest BCUT2D eigenvalue weighted by molar-refractivity contribution is -0.115. The lowest BCUT2D eigenvalue weighted by Gasteiger charge is -2.25. The zero-order valence-corrected chi connectivity index (χ0v) is 15.9. The molecule has 138 valence electrons. The lowest BCUT2D eigenvalue weighted by Crippen LogP contribution is -2.35. The van der Waals surface area contributed by atoms with Gasteiger partial charge in [0, 0.05) is 37.4 Å². The van der Waals surface area contributed by atoms with Crippen LogP contribution in [0.25, 0.3) is 0 Å². The molecule has 8 nitrogen and oxygen atoms in total. The average molecular weight is 394 g/mol. The van der Waals surface area contributed by atoms with Crippen LogP contribution in [0.1, 0.15) is 24.4 Å². The number of sulfonamides is 1. The van der Waals surface area contributed by atoms with Crippen LogP contribution in [0.4, 0.5) is 10.8 Å². The number of benzene rings is 1. The van der Waals surface area contributed by atoms with Gasteiger partial charge in [0.05, 0.1) is 17.1 Å². The predicted molar refractivity (Wildman–Crippen MR) is 98.5 cm³/mol. The van der Waals surface area contributed by atoms with Gasteiger partial charge in [0.2, 0.25) is 21.8 Å². The third-order valence-corrected chi connectivity index (χ3v) is 6.65. The maximum absolute atomic E-state index is 12.9. The van der Waals surface area contributed by atoms with E-state index in [4.69, 9.17) is 0 Å². The van der Waals surface area contributed by atoms with E-state index in [-0.39, 0.29) is 23.3 Å². The molecule has 0 aliphatic carbocycles. The molecule has 1 aromatic carbocycles. The van der Waals surface area contributed by atoms with Gasteiger partial charge < -0.3 is 10.6 Å². The van der Waals surface area contributed by atoms with Crippen molar-refractivity contribution in [1.29, 1.82) is 0 Å². The first-order chi connectivity index (χ1) is 12.3. The first-order valence-electron chi connectivity index (χ1n) is 7.89. The number of carbonyl (C=O) groups is 2. The molecule has 0 fully saturated rings. The molecule has 0 radical (unpaired) electrons. The van der Waals surface area contributed by atoms with Crippen LogP contribution in [0.2, 0.25) is 0 Å². The smallest absolute Gasteiger partial charge is 0.243 e. The monoisotopic (exact) mass is 394 g/mol. The summed E-state index contributed by atoms with van der Waals surface area (Å²) in [5, 5.41) is 5.73. The van der Waals surface area contributed by atoms with Crippen LogP contribution >= 0.6 is 11.3 Å². The molecular formula is C16H18N4O4S2. The van der Waals surface area contributed by atoms with Crippen LogP contribution in [-0.2, 0) is 32.6 Å². The number of rotatable bonds is 4. The summed E-state index contributed by atoms with van der Waals surface area (Å²) in [6, 6.07) is 6.08. The number of carbonyl (C=O) groups excluding carboxylic acids is 2. The maximum atomic E-state index is 12.9. The number of aromatic nitrogens is 1. The van der Waals surface area contributed by atoms with Gasteiger partial charge in [-0.15, -0.1) is 11.3 Å². The Balaban J connectivity index is 1.79. The van der Waals surface area contributed by atoms with E-state index in [1.165, 1.54) is 41.6 Å². The highest BCUT2D eigenvalue weighted by Crippen LogP contribution is 2.31. The average Bonchev–Trinajstić information content (AvgIpc) is 2.95. The van der Waals surface area contributed by atoms with Gasteiger partial charge in [-0.2, -0.15) is 4.31 Å². The Hall–Kier alpha value is -2.30. The number of hydrogen-bond acceptors (Lipinski definition) is 6. The van der Waals surface area contributed by atoms with E-state index in [1.54, 1.807) is 12.1 Å². The lowest BCUT2D eigenvalue weighted by atomic mass is 10.2. The van der Waals surface area contributed by atoms with E-state index in [0.717, 1.165) is 10.6 Å². The van der Waals surface area contributed by atoms with Crippen molar-refractivity contribution in [2.45, 2.75) is 31.7 Å². The van der Waals surface area contributed by atoms with Gasteiger partial charge in [0.1, 0.15) is 0 Å². The number of nitrogens with one attached hydrogen (secondary N) is 2. The van der Waals surface area contributed by atoms with Crippen molar-refractivity contribution in [3.63, 3.8) is 0 Å². The molecule has 10 heteroatoms. The van der Waals surface area contributed by atoms with Crippen molar-refractivity contribution in [2.75, 3.05) is 17.2 Å². The zero-order chi connectivity index (χ0) is 18.9. The first-order valence-corrected chi connectivity index (χ1v) is 10.2. The fraction of sp³-hybridized carbons (Fsp3) is 0.312. The molecule has 0 saturated heterocycles. The molecule has 2 amide bonds. The van der Waals surface area contributed by atoms with Crippen LogP contribution in [0.5, 0.6) is 0 Å². The summed E-state index contributed by atoms with van der Waals surface area (Å²) in [6.07, 6.45) is 0.495. The maximum Gasteiger partial charge on any atom is 0.243 e. The van der Waals surface area contributed by atoms with Crippen LogP contribution in [0.3, 0.4) is 0 Å². The van der Waals surface area contributed by atoms with Crippen molar-refractivity contribution < 1.29 is 18.0 Å². The Kier molecular flexibility index (Phi) is 5.08. The minimum atomic E-state index is -3.65. The number of thiazole rings is 1. The molecule has 2 heterocycles. The molecule has 2 N–H and O–H groups in total. The molecular weight excluding hydrogens is 376 g/mol. The second-order valence-corrected chi connectivity index (χ2v) is 8.89. The van der Waals surface area contributed by atoms with Gasteiger partial charge in [-0.3, -0.25) is 9.59 Å². The molecule has 0 bridgehead atoms. The van der Waals surface area contributed by atoms with Crippen LogP contribution in [0, 0.1) is 0 Å². The highest BCUT2D eigenvalue weighted by atomic mass is 32.2. The minimum absolute atomic E-state index is 0.168. The summed E-state index contributed by atoms with van der Waals surface area (Å²) in [5.41, 5.74) is 1.37. The van der Waals surface area contributed by atoms with E-state index in [9.17, 15) is 18.0 Å². The Labute approximate surface area is 155 Å². The van der Waals surface area contributed by atoms with Gasteiger partial charge in [-0.25, -0.2) is 13.4 Å². The molecule has 3 rings (SSSR count). The highest BCUT2D eigenvalue weighted by Gasteiger charge is 2.30. The predicted octanol–water partition coefficient (Wildman–Crippen LogP) is 1.81. The van der Waals surface area contributed by atoms with E-state index in [2.05, 4.69) is 15.6 Å². The summed E-state index contributed by atoms with van der Waals surface area (Å²) in [5.74, 6) is -0.427. The topological polar surface area (TPSA) is 108 Å². The quantitative estimate of drug-likeness (QED) is 0.822. The number of nitrogens with zero attached hydrogens (tertiary/aromatic N) is 2. The fourth-order valence-corrected chi connectivity index (χ4v) is 5.20. The number of hydrogen-bond donors (Lipinski definition) is 2. The Morgan fingerprint density at radius 1 is 1.12 bits per heavy atom. The van der Waals surface area contributed by atoms with Crippen molar-refractivity contribution in [1.82, 2.24) is 9.29 Å². The summed E-state index contributed by atoms with van der Waals surface area (Å²) < 4.78 is 27.1. The van der Waals surface area contributed by atoms with Crippen molar-refractivity contribution >= 4 is 44.0 Å². The van der Waals surface area contributed by atoms with E-state index >= 15 is 0 Å². The van der Waals surface area contributed by atoms with Crippen molar-refractivity contribution in [3.8, 4) is 0 Å². The van der Waals surface area contributed by atoms with Crippen LogP contribution < -0.4 is 10.6 Å². The Bertz CT molecular complexity index is 951. The van der Waals surface area contributed by atoms with Gasteiger partial charge in [-0.1, -0.05) is 0 Å². The van der Waals surface area contributed by atoms with Gasteiger partial charge in [0.15, 0.2) is 5.13 Å². The fourth-order valence-electron chi connectivity index (χ4n) is 2.64.